The first kappa shape index (κ1) is 42.6. The number of rotatable bonds is 5. The molecule has 1 aliphatic rings. The van der Waals surface area contributed by atoms with E-state index in [0.717, 1.165) is 11.5 Å². The van der Waals surface area contributed by atoms with E-state index in [0.29, 0.717) is 12.5 Å². The molecule has 4 aromatic rings. The third-order valence-electron chi connectivity index (χ3n) is 5.44. The number of hydrogen-bond acceptors (Lipinski definition) is 2. The minimum absolute atomic E-state index is 0. The first-order valence-electron chi connectivity index (χ1n) is 14.1. The second kappa shape index (κ2) is 25.8. The van der Waals surface area contributed by atoms with Gasteiger partial charge in [-0.1, -0.05) is 55.8 Å². The molecule has 0 amide bonds. The molecule has 0 fully saturated rings. The van der Waals surface area contributed by atoms with Crippen molar-refractivity contribution in [3.05, 3.63) is 115 Å². The fourth-order valence-corrected chi connectivity index (χ4v) is 6.44. The second-order valence-corrected chi connectivity index (χ2v) is 22.1. The number of ether oxygens (including phenoxy) is 1. The molecule has 2 nitrogen and oxygen atoms in total. The number of hydrogen-bond donors (Lipinski definition) is 0. The van der Waals surface area contributed by atoms with Crippen LogP contribution in [0.25, 0.3) is 0 Å². The van der Waals surface area contributed by atoms with Crippen LogP contribution in [-0.2, 0) is 37.0 Å². The van der Waals surface area contributed by atoms with Gasteiger partial charge in [-0.15, -0.1) is 6.07 Å². The van der Waals surface area contributed by atoms with Crippen molar-refractivity contribution in [1.82, 2.24) is 0 Å². The first-order chi connectivity index (χ1) is 20.1. The van der Waals surface area contributed by atoms with Crippen LogP contribution < -0.4 is 15.9 Å². The van der Waals surface area contributed by atoms with Gasteiger partial charge in [0.15, 0.2) is 0 Å². The van der Waals surface area contributed by atoms with Gasteiger partial charge in [0.2, 0.25) is 0 Å². The Morgan fingerprint density at radius 2 is 1.16 bits per heavy atom. The zero-order valence-corrected chi connectivity index (χ0v) is 33.9. The predicted molar refractivity (Wildman–Crippen MR) is 199 cm³/mol. The normalized spacial score (nSPS) is 13.3. The monoisotopic (exact) mass is 808 g/mol. The van der Waals surface area contributed by atoms with Crippen molar-refractivity contribution in [3.63, 3.8) is 0 Å². The van der Waals surface area contributed by atoms with Crippen LogP contribution in [0.5, 0.6) is 0 Å². The fraction of sp³-hybridized carbons (Fsp3) is 0.324. The SMILES string of the molecule is CC(C)C1COC(c2ccc[c-]2[PH+](c2ccccc2)c2ccccc2)=N1.C[PH+](C)C.C[PH+](C)C.[Cl][Ru][Cl].[Fe].[cH-]1[cH-][cH-][cH-][cH-]1. The molecule has 0 aromatic heterocycles. The van der Waals surface area contributed by atoms with Crippen molar-refractivity contribution in [1.29, 1.82) is 0 Å². The van der Waals surface area contributed by atoms with Gasteiger partial charge in [0, 0.05) is 62.4 Å². The molecule has 43 heavy (non-hydrogen) atoms. The average Bonchev–Trinajstić information content (AvgIpc) is 3.74. The summed E-state index contributed by atoms with van der Waals surface area (Å²) in [6.07, 6.45) is 0. The molecule has 0 radical (unpaired) electrons. The van der Waals surface area contributed by atoms with E-state index in [-0.39, 0.29) is 54.1 Å². The summed E-state index contributed by atoms with van der Waals surface area (Å²) in [5, 5.41) is 4.13. The summed E-state index contributed by atoms with van der Waals surface area (Å²) in [5.74, 6) is 1.32. The minimum atomic E-state index is -1.10. The molecule has 0 spiro atoms. The summed E-state index contributed by atoms with van der Waals surface area (Å²) in [6.45, 7) is 18.7. The van der Waals surface area contributed by atoms with E-state index in [1.807, 2.05) is 30.3 Å². The first-order valence-corrected chi connectivity index (χ1v) is 26.1. The van der Waals surface area contributed by atoms with Gasteiger partial charge in [-0.25, -0.2) is 0 Å². The third-order valence-corrected chi connectivity index (χ3v) is 8.24. The molecule has 0 bridgehead atoms. The minimum Gasteiger partial charge on any atom is -0.748 e. The molecule has 244 valence electrons. The molecule has 0 saturated heterocycles. The number of nitrogens with zero attached hydrogens (tertiary/aromatic N) is 1. The number of benzene rings is 2. The molecular formula is C34H49Cl2FeNOP3Ru-3. The zero-order chi connectivity index (χ0) is 31.3. The van der Waals surface area contributed by atoms with Gasteiger partial charge >= 0.3 is 34.5 Å². The molecule has 1 unspecified atom stereocenters. The average molecular weight is 809 g/mol. The van der Waals surface area contributed by atoms with Gasteiger partial charge in [-0.2, -0.15) is 12.1 Å². The molecule has 5 rings (SSSR count). The van der Waals surface area contributed by atoms with Crippen LogP contribution >= 0.6 is 43.1 Å². The van der Waals surface area contributed by atoms with Crippen LogP contribution in [-0.4, -0.2) is 58.5 Å². The molecule has 0 saturated carbocycles. The Bertz CT molecular complexity index is 1140. The maximum Gasteiger partial charge on any atom is 0 e. The van der Waals surface area contributed by atoms with E-state index < -0.39 is 7.92 Å². The Kier molecular flexibility index (Phi) is 25.5. The van der Waals surface area contributed by atoms with E-state index in [1.165, 1.54) is 15.9 Å². The standard InChI is InChI=1S/C23H24NOP.C5H5.2C3H9P.2ClH.Fe.Ru/c1-17(2)21-16-25-23(24-21)20-14-9-15-22(20)26(18-10-5-3-6-11-18)19-12-7-4-8-13-19;1-2-4-5-3-1;2*1-4(2)3;;;;/h3-15,17,21,26H,16H2,1-2H3;1-5H;2*1-3H3;2*1H;;/q;-5;;;;;;+2. The van der Waals surface area contributed by atoms with Crippen LogP contribution in [0.1, 0.15) is 19.4 Å². The van der Waals surface area contributed by atoms with Gasteiger partial charge in [-0.3, -0.25) is 4.99 Å². The Morgan fingerprint density at radius 3 is 1.51 bits per heavy atom. The van der Waals surface area contributed by atoms with E-state index in [4.69, 9.17) is 29.1 Å². The Balaban J connectivity index is 0.000000857. The summed E-state index contributed by atoms with van der Waals surface area (Å²) in [4.78, 5) is 4.87. The van der Waals surface area contributed by atoms with Gasteiger partial charge in [-0.05, 0) is 46.0 Å². The summed E-state index contributed by atoms with van der Waals surface area (Å²) in [5.41, 5.74) is 1.16. The zero-order valence-electron chi connectivity index (χ0n) is 26.6. The molecule has 1 heterocycles. The van der Waals surface area contributed by atoms with Crippen LogP contribution in [0.2, 0.25) is 0 Å². The largest absolute Gasteiger partial charge is 0.748 e. The Morgan fingerprint density at radius 1 is 0.767 bits per heavy atom. The quantitative estimate of drug-likeness (QED) is 0.113. The predicted octanol–water partition coefficient (Wildman–Crippen LogP) is 8.66. The summed E-state index contributed by atoms with van der Waals surface area (Å²) >= 11 is -0.346. The van der Waals surface area contributed by atoms with Gasteiger partial charge in [0.1, 0.15) is 5.90 Å². The van der Waals surface area contributed by atoms with Gasteiger partial charge < -0.3 is 35.1 Å². The van der Waals surface area contributed by atoms with Crippen LogP contribution in [0.15, 0.2) is 114 Å². The Hall–Kier alpha value is -0.377. The van der Waals surface area contributed by atoms with Crippen molar-refractivity contribution in [3.8, 4) is 0 Å². The second-order valence-electron chi connectivity index (χ2n) is 11.0. The van der Waals surface area contributed by atoms with E-state index in [9.17, 15) is 0 Å². The number of aliphatic imine (C=N–C) groups is 1. The summed E-state index contributed by atoms with van der Waals surface area (Å²) in [6, 6.07) is 38.5. The van der Waals surface area contributed by atoms with Gasteiger partial charge in [0.05, 0.1) is 31.2 Å². The van der Waals surface area contributed by atoms with Gasteiger partial charge in [0.25, 0.3) is 0 Å². The third kappa shape index (κ3) is 18.4. The van der Waals surface area contributed by atoms with Crippen molar-refractivity contribution >= 4 is 65.0 Å². The Labute approximate surface area is 292 Å². The van der Waals surface area contributed by atoms with E-state index >= 15 is 0 Å². The van der Waals surface area contributed by atoms with Crippen molar-refractivity contribution in [2.75, 3.05) is 46.6 Å². The maximum atomic E-state index is 6.00. The summed E-state index contributed by atoms with van der Waals surface area (Å²) < 4.78 is 6.00. The molecule has 4 aromatic carbocycles. The topological polar surface area (TPSA) is 21.6 Å². The van der Waals surface area contributed by atoms with Crippen LogP contribution in [0, 0.1) is 5.92 Å². The van der Waals surface area contributed by atoms with Crippen molar-refractivity contribution in [2.45, 2.75) is 19.9 Å². The molecule has 0 N–H and O–H groups in total. The fourth-order valence-electron chi connectivity index (χ4n) is 3.71. The summed E-state index contributed by atoms with van der Waals surface area (Å²) in [7, 11) is 8.85. The van der Waals surface area contributed by atoms with Crippen LogP contribution in [0.4, 0.5) is 0 Å². The molecule has 0 aliphatic carbocycles. The molecular weight excluding hydrogens is 759 g/mol. The van der Waals surface area contributed by atoms with Crippen molar-refractivity contribution in [2.24, 2.45) is 10.9 Å². The molecule has 1 atom stereocenters. The molecule has 1 aliphatic heterocycles. The maximum absolute atomic E-state index is 6.00. The van der Waals surface area contributed by atoms with Crippen LogP contribution in [0.3, 0.4) is 0 Å². The number of halogens is 2. The molecule has 9 heteroatoms. The van der Waals surface area contributed by atoms with Crippen molar-refractivity contribution < 1.29 is 37.0 Å². The van der Waals surface area contributed by atoms with E-state index in [1.54, 1.807) is 0 Å². The smallest absolute Gasteiger partial charge is 0 e. The van der Waals surface area contributed by atoms with E-state index in [2.05, 4.69) is 133 Å².